The molecule has 0 bridgehead atoms. The first kappa shape index (κ1) is 15.8. The second-order valence-corrected chi connectivity index (χ2v) is 5.92. The van der Waals surface area contributed by atoms with Gasteiger partial charge in [-0.05, 0) is 23.8 Å². The Morgan fingerprint density at radius 3 is 2.67 bits per heavy atom. The van der Waals surface area contributed by atoms with Gasteiger partial charge in [0.15, 0.2) is 0 Å². The number of nitro groups is 1. The third kappa shape index (κ3) is 3.64. The molecule has 0 spiro atoms. The summed E-state index contributed by atoms with van der Waals surface area (Å²) in [6, 6.07) is 13.3. The number of hydrogen-bond acceptors (Lipinski definition) is 5. The van der Waals surface area contributed by atoms with Crippen LogP contribution in [0.1, 0.15) is 15.9 Å². The third-order valence-corrected chi connectivity index (χ3v) is 4.22. The zero-order valence-corrected chi connectivity index (χ0v) is 13.3. The van der Waals surface area contributed by atoms with E-state index >= 15 is 0 Å². The van der Waals surface area contributed by atoms with Crippen LogP contribution in [-0.2, 0) is 6.54 Å². The van der Waals surface area contributed by atoms with Crippen molar-refractivity contribution in [2.45, 2.75) is 6.54 Å². The summed E-state index contributed by atoms with van der Waals surface area (Å²) in [7, 11) is 0. The molecule has 6 nitrogen and oxygen atoms in total. The number of non-ortho nitro benzene ring substituents is 1. The number of amides is 1. The van der Waals surface area contributed by atoms with Crippen molar-refractivity contribution in [3.8, 4) is 10.6 Å². The minimum atomic E-state index is -0.494. The fourth-order valence-electron chi connectivity index (χ4n) is 2.20. The highest BCUT2D eigenvalue weighted by Gasteiger charge is 2.09. The number of aromatic nitrogens is 1. The largest absolute Gasteiger partial charge is 0.348 e. The van der Waals surface area contributed by atoms with E-state index in [1.807, 2.05) is 29.6 Å². The van der Waals surface area contributed by atoms with E-state index in [9.17, 15) is 14.9 Å². The Labute approximate surface area is 141 Å². The van der Waals surface area contributed by atoms with E-state index in [0.29, 0.717) is 12.1 Å². The van der Waals surface area contributed by atoms with Crippen LogP contribution in [0, 0.1) is 10.1 Å². The Morgan fingerprint density at radius 2 is 2.00 bits per heavy atom. The Morgan fingerprint density at radius 1 is 1.21 bits per heavy atom. The van der Waals surface area contributed by atoms with Crippen molar-refractivity contribution >= 4 is 22.9 Å². The van der Waals surface area contributed by atoms with E-state index < -0.39 is 4.92 Å². The van der Waals surface area contributed by atoms with Crippen LogP contribution >= 0.6 is 11.3 Å². The van der Waals surface area contributed by atoms with Gasteiger partial charge in [-0.25, -0.2) is 4.98 Å². The van der Waals surface area contributed by atoms with Gasteiger partial charge >= 0.3 is 0 Å². The summed E-state index contributed by atoms with van der Waals surface area (Å²) in [5.41, 5.74) is 2.31. The molecule has 0 saturated heterocycles. The van der Waals surface area contributed by atoms with Gasteiger partial charge in [-0.2, -0.15) is 0 Å². The number of rotatable bonds is 5. The molecule has 3 rings (SSSR count). The SMILES string of the molecule is O=C(NCc1cccc(-c2nccs2)c1)c1ccc([N+](=O)[O-])cc1. The monoisotopic (exact) mass is 339 g/mol. The molecule has 1 aromatic heterocycles. The second-order valence-electron chi connectivity index (χ2n) is 5.02. The van der Waals surface area contributed by atoms with Gasteiger partial charge in [0.25, 0.3) is 11.6 Å². The van der Waals surface area contributed by atoms with Crippen molar-refractivity contribution in [1.29, 1.82) is 0 Å². The van der Waals surface area contributed by atoms with Crippen LogP contribution in [0.2, 0.25) is 0 Å². The van der Waals surface area contributed by atoms with Gasteiger partial charge in [0.05, 0.1) is 4.92 Å². The minimum Gasteiger partial charge on any atom is -0.348 e. The van der Waals surface area contributed by atoms with Gasteiger partial charge < -0.3 is 5.32 Å². The lowest BCUT2D eigenvalue weighted by Gasteiger charge is -2.06. The average Bonchev–Trinajstić information content (AvgIpc) is 3.15. The summed E-state index contributed by atoms with van der Waals surface area (Å²) >= 11 is 1.56. The Hall–Kier alpha value is -3.06. The van der Waals surface area contributed by atoms with Crippen molar-refractivity contribution in [3.63, 3.8) is 0 Å². The maximum atomic E-state index is 12.1. The number of nitro benzene ring substituents is 1. The highest BCUT2D eigenvalue weighted by atomic mass is 32.1. The van der Waals surface area contributed by atoms with Crippen LogP contribution in [0.4, 0.5) is 5.69 Å². The van der Waals surface area contributed by atoms with Gasteiger partial charge in [0.1, 0.15) is 5.01 Å². The van der Waals surface area contributed by atoms with Crippen molar-refractivity contribution in [1.82, 2.24) is 10.3 Å². The molecular weight excluding hydrogens is 326 g/mol. The maximum absolute atomic E-state index is 12.1. The van der Waals surface area contributed by atoms with Crippen LogP contribution in [0.3, 0.4) is 0 Å². The maximum Gasteiger partial charge on any atom is 0.269 e. The summed E-state index contributed by atoms with van der Waals surface area (Å²) in [6.07, 6.45) is 1.75. The molecule has 0 radical (unpaired) electrons. The molecule has 0 unspecified atom stereocenters. The molecule has 24 heavy (non-hydrogen) atoms. The highest BCUT2D eigenvalue weighted by Crippen LogP contribution is 2.22. The normalized spacial score (nSPS) is 10.3. The molecule has 2 aromatic carbocycles. The van der Waals surface area contributed by atoms with Crippen LogP contribution in [0.5, 0.6) is 0 Å². The lowest BCUT2D eigenvalue weighted by molar-refractivity contribution is -0.384. The van der Waals surface area contributed by atoms with Gasteiger partial charge in [0.2, 0.25) is 0 Å². The lowest BCUT2D eigenvalue weighted by atomic mass is 10.1. The number of hydrogen-bond donors (Lipinski definition) is 1. The third-order valence-electron chi connectivity index (χ3n) is 3.40. The standard InChI is InChI=1S/C17H13N3O3S/c21-16(13-4-6-15(7-5-13)20(22)23)19-11-12-2-1-3-14(10-12)17-18-8-9-24-17/h1-10H,11H2,(H,19,21). The summed E-state index contributed by atoms with van der Waals surface area (Å²) in [5.74, 6) is -0.274. The predicted molar refractivity (Wildman–Crippen MR) is 91.8 cm³/mol. The van der Waals surface area contributed by atoms with E-state index in [1.54, 1.807) is 17.5 Å². The molecule has 7 heteroatoms. The molecule has 0 fully saturated rings. The average molecular weight is 339 g/mol. The molecule has 0 aliphatic rings. The first-order chi connectivity index (χ1) is 11.6. The molecule has 1 amide bonds. The molecule has 0 aliphatic heterocycles. The molecule has 0 atom stereocenters. The lowest BCUT2D eigenvalue weighted by Crippen LogP contribution is -2.22. The number of carbonyl (C=O) groups is 1. The van der Waals surface area contributed by atoms with Gasteiger partial charge in [0, 0.05) is 41.4 Å². The molecule has 1 N–H and O–H groups in total. The first-order valence-corrected chi connectivity index (χ1v) is 8.03. The zero-order valence-electron chi connectivity index (χ0n) is 12.5. The molecule has 0 saturated carbocycles. The number of carbonyl (C=O) groups excluding carboxylic acids is 1. The quantitative estimate of drug-likeness (QED) is 0.568. The molecule has 1 heterocycles. The molecule has 120 valence electrons. The van der Waals surface area contributed by atoms with Crippen LogP contribution in [-0.4, -0.2) is 15.8 Å². The summed E-state index contributed by atoms with van der Waals surface area (Å²) in [5, 5.41) is 16.3. The van der Waals surface area contributed by atoms with Gasteiger partial charge in [-0.3, -0.25) is 14.9 Å². The zero-order chi connectivity index (χ0) is 16.9. The summed E-state index contributed by atoms with van der Waals surface area (Å²) in [4.78, 5) is 26.5. The second kappa shape index (κ2) is 7.01. The van der Waals surface area contributed by atoms with Gasteiger partial charge in [-0.15, -0.1) is 11.3 Å². The molecular formula is C17H13N3O3S. The van der Waals surface area contributed by atoms with E-state index in [-0.39, 0.29) is 11.6 Å². The number of nitrogens with one attached hydrogen (secondary N) is 1. The highest BCUT2D eigenvalue weighted by molar-refractivity contribution is 7.13. The smallest absolute Gasteiger partial charge is 0.269 e. The van der Waals surface area contributed by atoms with E-state index in [1.165, 1.54) is 24.3 Å². The van der Waals surface area contributed by atoms with Crippen molar-refractivity contribution in [3.05, 3.63) is 81.3 Å². The van der Waals surface area contributed by atoms with Crippen molar-refractivity contribution in [2.24, 2.45) is 0 Å². The first-order valence-electron chi connectivity index (χ1n) is 7.15. The number of thiazole rings is 1. The van der Waals surface area contributed by atoms with Crippen LogP contribution in [0.25, 0.3) is 10.6 Å². The number of benzene rings is 2. The Balaban J connectivity index is 1.66. The molecule has 3 aromatic rings. The van der Waals surface area contributed by atoms with Crippen molar-refractivity contribution < 1.29 is 9.72 Å². The van der Waals surface area contributed by atoms with Gasteiger partial charge in [-0.1, -0.05) is 18.2 Å². The topological polar surface area (TPSA) is 85.1 Å². The fraction of sp³-hybridized carbons (Fsp3) is 0.0588. The van der Waals surface area contributed by atoms with E-state index in [4.69, 9.17) is 0 Å². The Bertz CT molecular complexity index is 861. The summed E-state index contributed by atoms with van der Waals surface area (Å²) in [6.45, 7) is 0.370. The Kier molecular flexibility index (Phi) is 4.62. The van der Waals surface area contributed by atoms with Crippen LogP contribution < -0.4 is 5.32 Å². The summed E-state index contributed by atoms with van der Waals surface area (Å²) < 4.78 is 0. The fourth-order valence-corrected chi connectivity index (χ4v) is 2.83. The van der Waals surface area contributed by atoms with Crippen LogP contribution in [0.15, 0.2) is 60.1 Å². The molecule has 0 aliphatic carbocycles. The number of nitrogens with zero attached hydrogens (tertiary/aromatic N) is 2. The van der Waals surface area contributed by atoms with E-state index in [0.717, 1.165) is 16.1 Å². The minimum absolute atomic E-state index is 0.0392. The van der Waals surface area contributed by atoms with Crippen molar-refractivity contribution in [2.75, 3.05) is 0 Å². The predicted octanol–water partition coefficient (Wildman–Crippen LogP) is 3.65. The van der Waals surface area contributed by atoms with E-state index in [2.05, 4.69) is 10.3 Å².